The zero-order valence-corrected chi connectivity index (χ0v) is 18.7. The summed E-state index contributed by atoms with van der Waals surface area (Å²) >= 11 is 0. The van der Waals surface area contributed by atoms with Crippen LogP contribution in [0.15, 0.2) is 24.3 Å². The normalized spacial score (nSPS) is 17.0. The molecule has 0 aromatic rings. The van der Waals surface area contributed by atoms with Crippen molar-refractivity contribution in [1.82, 2.24) is 5.32 Å². The summed E-state index contributed by atoms with van der Waals surface area (Å²) in [5, 5.41) is 12.8. The van der Waals surface area contributed by atoms with Crippen molar-refractivity contribution in [1.29, 1.82) is 0 Å². The quantitative estimate of drug-likeness (QED) is 0.162. The first-order chi connectivity index (χ1) is 13.0. The Balaban J connectivity index is 4.55. The largest absolute Gasteiger partial charge is 0.472 e. The van der Waals surface area contributed by atoms with Gasteiger partial charge in [-0.25, -0.2) is 4.57 Å². The van der Waals surface area contributed by atoms with Crippen molar-refractivity contribution in [2.75, 3.05) is 40.9 Å². The molecule has 0 spiro atoms. The lowest BCUT2D eigenvalue weighted by molar-refractivity contribution is -0.870. The summed E-state index contributed by atoms with van der Waals surface area (Å²) < 4.78 is 22.5. The maximum atomic E-state index is 12.0. The minimum absolute atomic E-state index is 0.0517. The number of unbranched alkanes of at least 4 members (excludes halogenated alkanes) is 2. The molecule has 28 heavy (non-hydrogen) atoms. The fourth-order valence-electron chi connectivity index (χ4n) is 2.09. The van der Waals surface area contributed by atoms with E-state index in [1.165, 1.54) is 6.92 Å². The van der Waals surface area contributed by atoms with Crippen molar-refractivity contribution < 1.29 is 32.9 Å². The topological polar surface area (TPSA) is 105 Å². The van der Waals surface area contributed by atoms with Gasteiger partial charge >= 0.3 is 7.82 Å². The molecule has 0 aliphatic rings. The molecule has 9 heteroatoms. The van der Waals surface area contributed by atoms with Crippen LogP contribution in [-0.4, -0.2) is 73.4 Å². The zero-order chi connectivity index (χ0) is 21.6. The molecule has 3 N–H and O–H groups in total. The average molecular weight is 421 g/mol. The van der Waals surface area contributed by atoms with Gasteiger partial charge in [0.25, 0.3) is 0 Å². The number of phosphoric acid groups is 1. The third-order valence-electron chi connectivity index (χ3n) is 3.69. The lowest BCUT2D eigenvalue weighted by Crippen LogP contribution is -2.44. The van der Waals surface area contributed by atoms with Gasteiger partial charge in [0, 0.05) is 6.92 Å². The van der Waals surface area contributed by atoms with E-state index >= 15 is 0 Å². The number of carbonyl (C=O) groups excluding carboxylic acids is 1. The molecular weight excluding hydrogens is 383 g/mol. The third-order valence-corrected chi connectivity index (χ3v) is 4.67. The number of hydrogen-bond acceptors (Lipinski definition) is 5. The van der Waals surface area contributed by atoms with Crippen molar-refractivity contribution >= 4 is 13.7 Å². The maximum absolute atomic E-state index is 12.0. The van der Waals surface area contributed by atoms with Crippen molar-refractivity contribution in [3.8, 4) is 0 Å². The van der Waals surface area contributed by atoms with Crippen LogP contribution in [0, 0.1) is 0 Å². The molecule has 164 valence electrons. The van der Waals surface area contributed by atoms with E-state index in [0.717, 1.165) is 25.7 Å². The predicted molar refractivity (Wildman–Crippen MR) is 111 cm³/mol. The Kier molecular flexibility index (Phi) is 13.5. The van der Waals surface area contributed by atoms with E-state index < -0.39 is 20.0 Å². The summed E-state index contributed by atoms with van der Waals surface area (Å²) in [5.41, 5.74) is 0. The highest BCUT2D eigenvalue weighted by molar-refractivity contribution is 7.47. The van der Waals surface area contributed by atoms with E-state index in [1.54, 1.807) is 6.08 Å². The summed E-state index contributed by atoms with van der Waals surface area (Å²) in [6.07, 6.45) is 10.3. The third kappa shape index (κ3) is 16.0. The minimum atomic E-state index is -4.27. The first kappa shape index (κ1) is 27.0. The van der Waals surface area contributed by atoms with Crippen LogP contribution in [0.25, 0.3) is 0 Å². The summed E-state index contributed by atoms with van der Waals surface area (Å²) in [6, 6.07) is -0.855. The van der Waals surface area contributed by atoms with Crippen LogP contribution in [0.1, 0.15) is 39.5 Å². The molecule has 3 atom stereocenters. The molecule has 0 aromatic carbocycles. The molecule has 1 amide bonds. The number of hydrogen-bond donors (Lipinski definition) is 3. The van der Waals surface area contributed by atoms with Crippen molar-refractivity contribution in [2.24, 2.45) is 0 Å². The molecular formula is C19H38N2O6P+. The molecule has 8 nitrogen and oxygen atoms in total. The molecule has 0 aliphatic carbocycles. The fraction of sp³-hybridized carbons (Fsp3) is 0.737. The van der Waals surface area contributed by atoms with Gasteiger partial charge in [-0.05, 0) is 19.3 Å². The van der Waals surface area contributed by atoms with Crippen LogP contribution in [0.4, 0.5) is 0 Å². The molecule has 0 rings (SSSR count). The summed E-state index contributed by atoms with van der Waals surface area (Å²) in [5.74, 6) is -0.373. The smallest absolute Gasteiger partial charge is 0.387 e. The fourth-order valence-corrected chi connectivity index (χ4v) is 2.83. The van der Waals surface area contributed by atoms with Gasteiger partial charge in [-0.15, -0.1) is 0 Å². The van der Waals surface area contributed by atoms with Crippen LogP contribution in [0.5, 0.6) is 0 Å². The Morgan fingerprint density at radius 1 is 1.14 bits per heavy atom. The van der Waals surface area contributed by atoms with Gasteiger partial charge in [-0.1, -0.05) is 37.6 Å². The average Bonchev–Trinajstić information content (AvgIpc) is 2.56. The van der Waals surface area contributed by atoms with Crippen LogP contribution < -0.4 is 5.32 Å². The van der Waals surface area contributed by atoms with Gasteiger partial charge in [0.05, 0.1) is 39.9 Å². The Morgan fingerprint density at radius 2 is 1.75 bits per heavy atom. The van der Waals surface area contributed by atoms with E-state index in [2.05, 4.69) is 24.4 Å². The Hall–Kier alpha value is -1.02. The van der Waals surface area contributed by atoms with Crippen molar-refractivity contribution in [3.63, 3.8) is 0 Å². The van der Waals surface area contributed by atoms with Gasteiger partial charge in [-0.2, -0.15) is 0 Å². The number of quaternary nitrogens is 1. The van der Waals surface area contributed by atoms with Crippen LogP contribution in [-0.2, 0) is 18.4 Å². The highest BCUT2D eigenvalue weighted by Gasteiger charge is 2.27. The van der Waals surface area contributed by atoms with Crippen molar-refractivity contribution in [3.05, 3.63) is 24.3 Å². The van der Waals surface area contributed by atoms with Crippen LogP contribution in [0.3, 0.4) is 0 Å². The molecule has 0 heterocycles. The Bertz CT molecular complexity index is 545. The second-order valence-electron chi connectivity index (χ2n) is 7.67. The van der Waals surface area contributed by atoms with Crippen LogP contribution >= 0.6 is 7.82 Å². The summed E-state index contributed by atoms with van der Waals surface area (Å²) in [6.45, 7) is 3.65. The number of likely N-dealkylation sites (N-methyl/N-ethyl adjacent to an activating group) is 1. The lowest BCUT2D eigenvalue weighted by atomic mass is 10.1. The molecule has 0 bridgehead atoms. The number of aliphatic hydroxyl groups excluding tert-OH is 1. The van der Waals surface area contributed by atoms with Crippen LogP contribution in [0.2, 0.25) is 0 Å². The standard InChI is InChI=1S/C19H37N2O6P/c1-6-7-8-9-10-11-12-13-19(23)18(20-17(2)22)16-27-28(24,25)26-15-14-21(3,4)5/h8-9,12-13,18-19,23H,6-7,10-11,14-16H2,1-5H3,(H-,20,22,24,25)/p+1/b9-8+,13-12+. The summed E-state index contributed by atoms with van der Waals surface area (Å²) in [4.78, 5) is 21.1. The second kappa shape index (κ2) is 14.0. The lowest BCUT2D eigenvalue weighted by Gasteiger charge is -2.25. The number of amides is 1. The zero-order valence-electron chi connectivity index (χ0n) is 17.8. The van der Waals surface area contributed by atoms with E-state index in [0.29, 0.717) is 11.0 Å². The Morgan fingerprint density at radius 3 is 2.32 bits per heavy atom. The number of allylic oxidation sites excluding steroid dienone is 3. The maximum Gasteiger partial charge on any atom is 0.472 e. The number of carbonyl (C=O) groups is 1. The Labute approximate surface area is 169 Å². The second-order valence-corrected chi connectivity index (χ2v) is 9.13. The first-order valence-corrected chi connectivity index (χ1v) is 11.2. The van der Waals surface area contributed by atoms with Gasteiger partial charge in [0.2, 0.25) is 5.91 Å². The number of nitrogens with zero attached hydrogens (tertiary/aromatic N) is 1. The number of nitrogens with one attached hydrogen (secondary N) is 1. The van der Waals surface area contributed by atoms with Gasteiger partial charge < -0.3 is 19.8 Å². The molecule has 0 fully saturated rings. The molecule has 0 radical (unpaired) electrons. The molecule has 3 unspecified atom stereocenters. The number of aliphatic hydroxyl groups is 1. The van der Waals surface area contributed by atoms with Gasteiger partial charge in [-0.3, -0.25) is 13.8 Å². The molecule has 0 aliphatic heterocycles. The van der Waals surface area contributed by atoms with E-state index in [4.69, 9.17) is 9.05 Å². The number of phosphoric ester groups is 1. The van der Waals surface area contributed by atoms with E-state index in [-0.39, 0.29) is 19.1 Å². The SMILES string of the molecule is CCC/C=C/CC/C=C/C(O)C(COP(=O)(O)OCC[N+](C)(C)C)NC(C)=O. The number of rotatable bonds is 15. The molecule has 0 saturated carbocycles. The molecule has 0 saturated heterocycles. The first-order valence-electron chi connectivity index (χ1n) is 9.66. The van der Waals surface area contributed by atoms with E-state index in [9.17, 15) is 19.4 Å². The highest BCUT2D eigenvalue weighted by atomic mass is 31.2. The van der Waals surface area contributed by atoms with E-state index in [1.807, 2.05) is 27.2 Å². The van der Waals surface area contributed by atoms with Crippen molar-refractivity contribution in [2.45, 2.75) is 51.7 Å². The predicted octanol–water partition coefficient (Wildman–Crippen LogP) is 2.38. The molecule has 0 aromatic heterocycles. The van der Waals surface area contributed by atoms with Gasteiger partial charge in [0.1, 0.15) is 13.2 Å². The minimum Gasteiger partial charge on any atom is -0.387 e. The monoisotopic (exact) mass is 421 g/mol. The van der Waals surface area contributed by atoms with Gasteiger partial charge in [0.15, 0.2) is 0 Å². The summed E-state index contributed by atoms with van der Waals surface area (Å²) in [7, 11) is 1.53. The highest BCUT2D eigenvalue weighted by Crippen LogP contribution is 2.43.